The summed E-state index contributed by atoms with van der Waals surface area (Å²) < 4.78 is 0. The maximum atomic E-state index is 6.07. The molecule has 0 amide bonds. The van der Waals surface area contributed by atoms with E-state index in [9.17, 15) is 0 Å². The van der Waals surface area contributed by atoms with E-state index >= 15 is 0 Å². The summed E-state index contributed by atoms with van der Waals surface area (Å²) in [5.41, 5.74) is 2.39. The molecule has 0 spiro atoms. The molecule has 0 saturated carbocycles. The smallest absolute Gasteiger partial charge is 0.138 e. The number of fused-ring (bicyclic) bond motifs is 1. The fourth-order valence-corrected chi connectivity index (χ4v) is 2.61. The highest BCUT2D eigenvalue weighted by Gasteiger charge is 2.17. The lowest BCUT2D eigenvalue weighted by Crippen LogP contribution is -2.26. The second-order valence-corrected chi connectivity index (χ2v) is 4.67. The van der Waals surface area contributed by atoms with Crippen molar-refractivity contribution in [2.24, 2.45) is 0 Å². The molecule has 2 N–H and O–H groups in total. The van der Waals surface area contributed by atoms with Crippen molar-refractivity contribution in [2.45, 2.75) is 18.8 Å². The molecule has 0 unspecified atom stereocenters. The minimum absolute atomic E-state index is 0.592. The zero-order valence-electron chi connectivity index (χ0n) is 8.96. The van der Waals surface area contributed by atoms with Gasteiger partial charge in [0.2, 0.25) is 0 Å². The lowest BCUT2D eigenvalue weighted by Gasteiger charge is -2.21. The normalized spacial score (nSPS) is 18.1. The van der Waals surface area contributed by atoms with Crippen LogP contribution >= 0.6 is 11.6 Å². The molecule has 3 nitrogen and oxygen atoms in total. The predicted octanol–water partition coefficient (Wildman–Crippen LogP) is 2.68. The average Bonchev–Trinajstić information content (AvgIpc) is 2.76. The van der Waals surface area contributed by atoms with Crippen LogP contribution < -0.4 is 5.32 Å². The second-order valence-electron chi connectivity index (χ2n) is 4.31. The van der Waals surface area contributed by atoms with Gasteiger partial charge in [0.05, 0.1) is 5.52 Å². The van der Waals surface area contributed by atoms with E-state index in [0.717, 1.165) is 24.0 Å². The van der Waals surface area contributed by atoms with Gasteiger partial charge in [-0.25, -0.2) is 4.98 Å². The third-order valence-electron chi connectivity index (χ3n) is 3.30. The monoisotopic (exact) mass is 235 g/mol. The molecule has 1 saturated heterocycles. The maximum Gasteiger partial charge on any atom is 0.138 e. The lowest BCUT2D eigenvalue weighted by molar-refractivity contribution is 0.455. The van der Waals surface area contributed by atoms with Crippen LogP contribution in [0.1, 0.15) is 24.5 Å². The van der Waals surface area contributed by atoms with Gasteiger partial charge in [-0.3, -0.25) is 0 Å². The Labute approximate surface area is 99.2 Å². The summed E-state index contributed by atoms with van der Waals surface area (Å²) >= 11 is 6.07. The molecule has 2 aromatic heterocycles. The number of rotatable bonds is 1. The number of halogens is 1. The minimum Gasteiger partial charge on any atom is -0.358 e. The number of H-pyrrole nitrogens is 1. The van der Waals surface area contributed by atoms with Crippen molar-refractivity contribution < 1.29 is 0 Å². The molecular formula is C12H14ClN3. The van der Waals surface area contributed by atoms with E-state index in [0.29, 0.717) is 11.1 Å². The first-order valence-corrected chi connectivity index (χ1v) is 6.06. The van der Waals surface area contributed by atoms with E-state index < -0.39 is 0 Å². The Morgan fingerprint density at radius 1 is 1.31 bits per heavy atom. The van der Waals surface area contributed by atoms with Crippen LogP contribution in [0.3, 0.4) is 0 Å². The number of aromatic nitrogens is 2. The molecule has 1 aliphatic rings. The molecule has 16 heavy (non-hydrogen) atoms. The van der Waals surface area contributed by atoms with Gasteiger partial charge in [-0.15, -0.1) is 0 Å². The van der Waals surface area contributed by atoms with Crippen LogP contribution in [-0.4, -0.2) is 23.1 Å². The zero-order valence-corrected chi connectivity index (χ0v) is 9.72. The van der Waals surface area contributed by atoms with Crippen LogP contribution in [0.25, 0.3) is 10.9 Å². The first-order valence-electron chi connectivity index (χ1n) is 5.68. The highest BCUT2D eigenvalue weighted by molar-refractivity contribution is 6.34. The third kappa shape index (κ3) is 1.70. The molecule has 2 aromatic rings. The molecule has 0 aromatic carbocycles. The minimum atomic E-state index is 0.592. The summed E-state index contributed by atoms with van der Waals surface area (Å²) in [6.07, 6.45) is 4.13. The van der Waals surface area contributed by atoms with Crippen LogP contribution in [-0.2, 0) is 0 Å². The van der Waals surface area contributed by atoms with Gasteiger partial charge < -0.3 is 10.3 Å². The number of piperidine rings is 1. The van der Waals surface area contributed by atoms with Gasteiger partial charge in [-0.1, -0.05) is 11.6 Å². The zero-order chi connectivity index (χ0) is 11.0. The van der Waals surface area contributed by atoms with Crippen LogP contribution in [0.15, 0.2) is 18.3 Å². The van der Waals surface area contributed by atoms with Crippen molar-refractivity contribution in [3.05, 3.63) is 29.2 Å². The predicted molar refractivity (Wildman–Crippen MR) is 65.9 cm³/mol. The summed E-state index contributed by atoms with van der Waals surface area (Å²) in [7, 11) is 0. The van der Waals surface area contributed by atoms with Crippen molar-refractivity contribution in [1.29, 1.82) is 0 Å². The Balaban J connectivity index is 2.01. The van der Waals surface area contributed by atoms with E-state index in [-0.39, 0.29) is 0 Å². The molecule has 0 radical (unpaired) electrons. The van der Waals surface area contributed by atoms with Gasteiger partial charge in [-0.2, -0.15) is 0 Å². The number of pyridine rings is 1. The van der Waals surface area contributed by atoms with Gasteiger partial charge in [0.15, 0.2) is 0 Å². The Bertz CT molecular complexity index is 500. The number of nitrogens with one attached hydrogen (secondary N) is 2. The number of nitrogens with zero attached hydrogens (tertiary/aromatic N) is 1. The molecule has 1 fully saturated rings. The summed E-state index contributed by atoms with van der Waals surface area (Å²) in [5, 5.41) is 5.01. The van der Waals surface area contributed by atoms with E-state index in [4.69, 9.17) is 11.6 Å². The van der Waals surface area contributed by atoms with E-state index in [1.54, 1.807) is 6.20 Å². The largest absolute Gasteiger partial charge is 0.358 e. The van der Waals surface area contributed by atoms with Crippen molar-refractivity contribution in [2.75, 3.05) is 13.1 Å². The van der Waals surface area contributed by atoms with Crippen molar-refractivity contribution >= 4 is 22.5 Å². The van der Waals surface area contributed by atoms with E-state index in [1.807, 2.05) is 6.07 Å². The Morgan fingerprint density at radius 3 is 2.88 bits per heavy atom. The Morgan fingerprint density at radius 2 is 2.12 bits per heavy atom. The number of aromatic amines is 1. The van der Waals surface area contributed by atoms with Crippen LogP contribution in [0, 0.1) is 0 Å². The molecule has 0 bridgehead atoms. The second kappa shape index (κ2) is 4.07. The summed E-state index contributed by atoms with van der Waals surface area (Å²) in [6.45, 7) is 2.21. The summed E-state index contributed by atoms with van der Waals surface area (Å²) in [4.78, 5) is 7.55. The third-order valence-corrected chi connectivity index (χ3v) is 3.60. The molecular weight excluding hydrogens is 222 g/mol. The van der Waals surface area contributed by atoms with Gasteiger partial charge in [-0.05, 0) is 38.1 Å². The molecule has 0 aliphatic carbocycles. The fourth-order valence-electron chi connectivity index (χ4n) is 2.39. The van der Waals surface area contributed by atoms with Crippen LogP contribution in [0.4, 0.5) is 0 Å². The first kappa shape index (κ1) is 10.1. The quantitative estimate of drug-likeness (QED) is 0.747. The SMILES string of the molecule is Clc1nccc2[nH]c(C3CCNCC3)cc12. The van der Waals surface area contributed by atoms with E-state index in [2.05, 4.69) is 21.4 Å². The highest BCUT2D eigenvalue weighted by atomic mass is 35.5. The Kier molecular flexibility index (Phi) is 2.58. The highest BCUT2D eigenvalue weighted by Crippen LogP contribution is 2.29. The standard InChI is InChI=1S/C12H14ClN3/c13-12-9-7-11(8-1-4-14-5-2-8)16-10(9)3-6-15-12/h3,6-8,14,16H,1-2,4-5H2. The first-order chi connectivity index (χ1) is 7.84. The van der Waals surface area contributed by atoms with Crippen molar-refractivity contribution in [1.82, 2.24) is 15.3 Å². The van der Waals surface area contributed by atoms with Gasteiger partial charge in [0, 0.05) is 23.2 Å². The van der Waals surface area contributed by atoms with Crippen LogP contribution in [0.5, 0.6) is 0 Å². The molecule has 84 valence electrons. The van der Waals surface area contributed by atoms with Gasteiger partial charge in [0.25, 0.3) is 0 Å². The number of hydrogen-bond donors (Lipinski definition) is 2. The molecule has 1 aliphatic heterocycles. The summed E-state index contributed by atoms with van der Waals surface area (Å²) in [5.74, 6) is 0.629. The lowest BCUT2D eigenvalue weighted by atomic mass is 9.95. The topological polar surface area (TPSA) is 40.7 Å². The van der Waals surface area contributed by atoms with Gasteiger partial charge >= 0.3 is 0 Å². The van der Waals surface area contributed by atoms with Gasteiger partial charge in [0.1, 0.15) is 5.15 Å². The molecule has 3 rings (SSSR count). The maximum absolute atomic E-state index is 6.07. The summed E-state index contributed by atoms with van der Waals surface area (Å²) in [6, 6.07) is 4.13. The van der Waals surface area contributed by atoms with Crippen molar-refractivity contribution in [3.63, 3.8) is 0 Å². The molecule has 0 atom stereocenters. The Hall–Kier alpha value is -1.06. The van der Waals surface area contributed by atoms with Crippen LogP contribution in [0.2, 0.25) is 5.15 Å². The average molecular weight is 236 g/mol. The van der Waals surface area contributed by atoms with E-state index in [1.165, 1.54) is 18.5 Å². The molecule has 4 heteroatoms. The number of hydrogen-bond acceptors (Lipinski definition) is 2. The fraction of sp³-hybridized carbons (Fsp3) is 0.417. The molecule has 3 heterocycles. The van der Waals surface area contributed by atoms with Crippen molar-refractivity contribution in [3.8, 4) is 0 Å².